The van der Waals surface area contributed by atoms with Gasteiger partial charge in [-0.1, -0.05) is 41.4 Å². The van der Waals surface area contributed by atoms with Gasteiger partial charge in [-0.3, -0.25) is 4.79 Å². The minimum absolute atomic E-state index is 0.229. The second-order valence-corrected chi connectivity index (χ2v) is 8.04. The standard InChI is InChI=1S/C22H18BrCl2N3O3/c1-30-20-9-13(11-27-28-22(29)16-4-2-3-5-19(16)26)8-17(23)21(20)31-12-14-6-7-15(24)10-18(14)25/h2-11H,12,26H2,1H3,(H,28,29)/b27-11+. The average molecular weight is 523 g/mol. The summed E-state index contributed by atoms with van der Waals surface area (Å²) in [6.45, 7) is 0.229. The Labute approximate surface area is 198 Å². The molecule has 0 unspecified atom stereocenters. The van der Waals surface area contributed by atoms with Crippen LogP contribution in [0, 0.1) is 0 Å². The molecule has 0 aliphatic rings. The molecule has 0 aliphatic carbocycles. The Kier molecular flexibility index (Phi) is 7.79. The van der Waals surface area contributed by atoms with Gasteiger partial charge in [0.1, 0.15) is 6.61 Å². The molecule has 160 valence electrons. The molecule has 3 N–H and O–H groups in total. The van der Waals surface area contributed by atoms with Crippen LogP contribution in [-0.2, 0) is 6.61 Å². The van der Waals surface area contributed by atoms with Crippen molar-refractivity contribution >= 4 is 56.9 Å². The van der Waals surface area contributed by atoms with E-state index in [9.17, 15) is 4.79 Å². The molecule has 3 aromatic rings. The number of hydrogen-bond acceptors (Lipinski definition) is 5. The number of ether oxygens (including phenoxy) is 2. The lowest BCUT2D eigenvalue weighted by atomic mass is 10.2. The summed E-state index contributed by atoms with van der Waals surface area (Å²) in [5, 5.41) is 5.06. The number of rotatable bonds is 7. The highest BCUT2D eigenvalue weighted by Crippen LogP contribution is 2.37. The normalized spacial score (nSPS) is 10.8. The highest BCUT2D eigenvalue weighted by molar-refractivity contribution is 9.10. The molecule has 9 heteroatoms. The Balaban J connectivity index is 1.72. The Morgan fingerprint density at radius 2 is 1.97 bits per heavy atom. The molecule has 0 radical (unpaired) electrons. The van der Waals surface area contributed by atoms with Crippen molar-refractivity contribution in [1.82, 2.24) is 5.43 Å². The summed E-state index contributed by atoms with van der Waals surface area (Å²) in [4.78, 5) is 12.2. The highest BCUT2D eigenvalue weighted by atomic mass is 79.9. The molecule has 0 heterocycles. The second kappa shape index (κ2) is 10.5. The van der Waals surface area contributed by atoms with Crippen LogP contribution in [0.3, 0.4) is 0 Å². The molecular formula is C22H18BrCl2N3O3. The number of amides is 1. The number of nitrogens with one attached hydrogen (secondary N) is 1. The number of hydrogen-bond donors (Lipinski definition) is 2. The predicted molar refractivity (Wildman–Crippen MR) is 127 cm³/mol. The van der Waals surface area contributed by atoms with Gasteiger partial charge in [-0.25, -0.2) is 5.43 Å². The van der Waals surface area contributed by atoms with E-state index < -0.39 is 5.91 Å². The van der Waals surface area contributed by atoms with E-state index in [1.807, 2.05) is 0 Å². The molecule has 0 saturated heterocycles. The molecule has 3 aromatic carbocycles. The van der Waals surface area contributed by atoms with Gasteiger partial charge in [-0.15, -0.1) is 0 Å². The number of methoxy groups -OCH3 is 1. The van der Waals surface area contributed by atoms with Gasteiger partial charge < -0.3 is 15.2 Å². The summed E-state index contributed by atoms with van der Waals surface area (Å²) >= 11 is 15.6. The number of benzene rings is 3. The van der Waals surface area contributed by atoms with Crippen molar-refractivity contribution in [3.63, 3.8) is 0 Å². The lowest BCUT2D eigenvalue weighted by molar-refractivity contribution is 0.0956. The average Bonchev–Trinajstić information content (AvgIpc) is 2.74. The van der Waals surface area contributed by atoms with Crippen LogP contribution in [0.5, 0.6) is 11.5 Å². The predicted octanol–water partition coefficient (Wildman–Crippen LogP) is 5.69. The fourth-order valence-corrected chi connectivity index (χ4v) is 3.71. The van der Waals surface area contributed by atoms with Crippen LogP contribution in [0.4, 0.5) is 5.69 Å². The topological polar surface area (TPSA) is 85.9 Å². The van der Waals surface area contributed by atoms with Crippen molar-refractivity contribution in [1.29, 1.82) is 0 Å². The van der Waals surface area contributed by atoms with E-state index >= 15 is 0 Å². The van der Waals surface area contributed by atoms with Gasteiger partial charge in [0.15, 0.2) is 11.5 Å². The number of hydrazone groups is 1. The van der Waals surface area contributed by atoms with Crippen LogP contribution in [0.1, 0.15) is 21.5 Å². The Morgan fingerprint density at radius 1 is 1.19 bits per heavy atom. The molecule has 0 spiro atoms. The molecule has 1 amide bonds. The smallest absolute Gasteiger partial charge is 0.273 e. The summed E-state index contributed by atoms with van der Waals surface area (Å²) in [6, 6.07) is 15.5. The summed E-state index contributed by atoms with van der Waals surface area (Å²) in [5.74, 6) is 0.589. The summed E-state index contributed by atoms with van der Waals surface area (Å²) in [7, 11) is 1.53. The number of halogens is 3. The molecule has 6 nitrogen and oxygen atoms in total. The molecule has 0 fully saturated rings. The number of nitrogens with two attached hydrogens (primary N) is 1. The largest absolute Gasteiger partial charge is 0.493 e. The Hall–Kier alpha value is -2.74. The number of carbonyl (C=O) groups excluding carboxylic acids is 1. The first-order chi connectivity index (χ1) is 14.9. The molecule has 0 bridgehead atoms. The third kappa shape index (κ3) is 5.91. The second-order valence-electron chi connectivity index (χ2n) is 6.34. The maximum Gasteiger partial charge on any atom is 0.273 e. The molecule has 0 saturated carbocycles. The fourth-order valence-electron chi connectivity index (χ4n) is 2.67. The highest BCUT2D eigenvalue weighted by Gasteiger charge is 2.13. The molecule has 3 rings (SSSR count). The van der Waals surface area contributed by atoms with Crippen LogP contribution in [0.15, 0.2) is 64.2 Å². The lowest BCUT2D eigenvalue weighted by Crippen LogP contribution is -2.19. The van der Waals surface area contributed by atoms with E-state index in [0.717, 1.165) is 5.56 Å². The Morgan fingerprint density at radius 3 is 2.68 bits per heavy atom. The number of nitrogen functional groups attached to an aromatic ring is 1. The van der Waals surface area contributed by atoms with Gasteiger partial charge in [-0.2, -0.15) is 5.10 Å². The number of carbonyl (C=O) groups is 1. The summed E-state index contributed by atoms with van der Waals surface area (Å²) in [5.41, 5.74) is 10.5. The molecule has 0 aliphatic heterocycles. The maximum atomic E-state index is 12.2. The van der Waals surface area contributed by atoms with Crippen LogP contribution in [-0.4, -0.2) is 19.2 Å². The minimum Gasteiger partial charge on any atom is -0.493 e. The first-order valence-electron chi connectivity index (χ1n) is 9.01. The van der Waals surface area contributed by atoms with Crippen LogP contribution < -0.4 is 20.6 Å². The van der Waals surface area contributed by atoms with E-state index in [1.165, 1.54) is 13.3 Å². The van der Waals surface area contributed by atoms with Crippen LogP contribution >= 0.6 is 39.1 Å². The molecule has 0 aromatic heterocycles. The monoisotopic (exact) mass is 521 g/mol. The SMILES string of the molecule is COc1cc(/C=N/NC(=O)c2ccccc2N)cc(Br)c1OCc1ccc(Cl)cc1Cl. The first-order valence-corrected chi connectivity index (χ1v) is 10.6. The van der Waals surface area contributed by atoms with Crippen LogP contribution in [0.25, 0.3) is 0 Å². The van der Waals surface area contributed by atoms with Crippen molar-refractivity contribution < 1.29 is 14.3 Å². The van der Waals surface area contributed by atoms with Gasteiger partial charge in [0.25, 0.3) is 5.91 Å². The van der Waals surface area contributed by atoms with Gasteiger partial charge in [-0.05, 0) is 57.9 Å². The van der Waals surface area contributed by atoms with Crippen molar-refractivity contribution in [2.75, 3.05) is 12.8 Å². The first kappa shape index (κ1) is 22.9. The summed E-state index contributed by atoms with van der Waals surface area (Å²) in [6.07, 6.45) is 1.49. The molecular weight excluding hydrogens is 505 g/mol. The minimum atomic E-state index is -0.403. The van der Waals surface area contributed by atoms with Crippen molar-refractivity contribution in [2.45, 2.75) is 6.61 Å². The summed E-state index contributed by atoms with van der Waals surface area (Å²) < 4.78 is 12.0. The van der Waals surface area contributed by atoms with Crippen LogP contribution in [0.2, 0.25) is 10.0 Å². The van der Waals surface area contributed by atoms with Gasteiger partial charge in [0, 0.05) is 21.3 Å². The zero-order chi connectivity index (χ0) is 22.4. The van der Waals surface area contributed by atoms with Gasteiger partial charge in [0.2, 0.25) is 0 Å². The fraction of sp³-hybridized carbons (Fsp3) is 0.0909. The third-order valence-electron chi connectivity index (χ3n) is 4.22. The zero-order valence-electron chi connectivity index (χ0n) is 16.4. The van der Waals surface area contributed by atoms with Crippen molar-refractivity contribution in [2.24, 2.45) is 5.10 Å². The van der Waals surface area contributed by atoms with E-state index in [2.05, 4.69) is 26.5 Å². The van der Waals surface area contributed by atoms with Crippen molar-refractivity contribution in [3.8, 4) is 11.5 Å². The van der Waals surface area contributed by atoms with Gasteiger partial charge in [0.05, 0.1) is 23.4 Å². The Bertz CT molecular complexity index is 1140. The van der Waals surface area contributed by atoms with E-state index in [4.69, 9.17) is 38.4 Å². The quantitative estimate of drug-likeness (QED) is 0.237. The maximum absolute atomic E-state index is 12.2. The van der Waals surface area contributed by atoms with E-state index in [-0.39, 0.29) is 6.61 Å². The van der Waals surface area contributed by atoms with Crippen molar-refractivity contribution in [3.05, 3.63) is 85.8 Å². The third-order valence-corrected chi connectivity index (χ3v) is 5.40. The lowest BCUT2D eigenvalue weighted by Gasteiger charge is -2.14. The number of nitrogens with zero attached hydrogens (tertiary/aromatic N) is 1. The zero-order valence-corrected chi connectivity index (χ0v) is 19.5. The molecule has 0 atom stereocenters. The van der Waals surface area contributed by atoms with E-state index in [0.29, 0.717) is 42.8 Å². The number of para-hydroxylation sites is 1. The molecule has 31 heavy (non-hydrogen) atoms. The van der Waals surface area contributed by atoms with Gasteiger partial charge >= 0.3 is 0 Å². The number of anilines is 1. The van der Waals surface area contributed by atoms with E-state index in [1.54, 1.807) is 54.6 Å².